The average molecular weight is 429 g/mol. The van der Waals surface area contributed by atoms with Gasteiger partial charge in [-0.3, -0.25) is 9.59 Å². The smallest absolute Gasteiger partial charge is 0.257 e. The Morgan fingerprint density at radius 2 is 1.78 bits per heavy atom. The molecule has 3 aromatic rings. The van der Waals surface area contributed by atoms with E-state index in [0.717, 1.165) is 10.0 Å². The number of halogens is 1. The lowest BCUT2D eigenvalue weighted by Gasteiger charge is -2.07. The molecule has 7 nitrogen and oxygen atoms in total. The molecule has 0 saturated heterocycles. The van der Waals surface area contributed by atoms with Gasteiger partial charge in [-0.05, 0) is 55.5 Å². The first-order chi connectivity index (χ1) is 13.0. The van der Waals surface area contributed by atoms with Crippen molar-refractivity contribution in [2.75, 3.05) is 11.9 Å². The van der Waals surface area contributed by atoms with Gasteiger partial charge in [-0.2, -0.15) is 4.98 Å². The maximum atomic E-state index is 12.2. The van der Waals surface area contributed by atoms with Crippen molar-refractivity contribution in [3.05, 3.63) is 64.4 Å². The Morgan fingerprint density at radius 3 is 2.41 bits per heavy atom. The lowest BCUT2D eigenvalue weighted by molar-refractivity contribution is -0.116. The van der Waals surface area contributed by atoms with Crippen molar-refractivity contribution in [1.29, 1.82) is 0 Å². The quantitative estimate of drug-likeness (QED) is 0.625. The van der Waals surface area contributed by atoms with Crippen molar-refractivity contribution in [3.63, 3.8) is 0 Å². The lowest BCUT2D eigenvalue weighted by atomic mass is 10.1. The van der Waals surface area contributed by atoms with Crippen LogP contribution in [0.15, 0.2) is 57.5 Å². The molecule has 0 saturated carbocycles. The molecule has 138 valence electrons. The van der Waals surface area contributed by atoms with E-state index in [4.69, 9.17) is 4.52 Å². The van der Waals surface area contributed by atoms with Gasteiger partial charge in [0.05, 0.1) is 0 Å². The minimum absolute atomic E-state index is 0.167. The van der Waals surface area contributed by atoms with Crippen LogP contribution in [0.3, 0.4) is 0 Å². The fourth-order valence-corrected chi connectivity index (χ4v) is 2.59. The van der Waals surface area contributed by atoms with Gasteiger partial charge < -0.3 is 15.2 Å². The first-order valence-corrected chi connectivity index (χ1v) is 9.05. The molecule has 1 heterocycles. The van der Waals surface area contributed by atoms with Crippen molar-refractivity contribution in [3.8, 4) is 11.5 Å². The molecule has 0 aliphatic carbocycles. The molecule has 8 heteroatoms. The van der Waals surface area contributed by atoms with Gasteiger partial charge >= 0.3 is 0 Å². The van der Waals surface area contributed by atoms with E-state index in [0.29, 0.717) is 23.0 Å². The fraction of sp³-hybridized carbons (Fsp3) is 0.158. The van der Waals surface area contributed by atoms with Crippen LogP contribution in [0.5, 0.6) is 0 Å². The molecule has 1 aromatic heterocycles. The van der Waals surface area contributed by atoms with E-state index in [-0.39, 0.29) is 24.8 Å². The van der Waals surface area contributed by atoms with Gasteiger partial charge in [0.15, 0.2) is 5.82 Å². The van der Waals surface area contributed by atoms with Crippen LogP contribution in [0, 0.1) is 6.92 Å². The zero-order valence-electron chi connectivity index (χ0n) is 14.5. The van der Waals surface area contributed by atoms with Crippen molar-refractivity contribution >= 4 is 33.4 Å². The number of aryl methyl sites for hydroxylation is 1. The summed E-state index contributed by atoms with van der Waals surface area (Å²) in [5, 5.41) is 9.24. The summed E-state index contributed by atoms with van der Waals surface area (Å²) < 4.78 is 6.03. The third-order valence-corrected chi connectivity index (χ3v) is 4.22. The monoisotopic (exact) mass is 428 g/mol. The Hall–Kier alpha value is -3.00. The van der Waals surface area contributed by atoms with Crippen LogP contribution in [-0.4, -0.2) is 28.5 Å². The van der Waals surface area contributed by atoms with Crippen LogP contribution in [0.4, 0.5) is 5.69 Å². The van der Waals surface area contributed by atoms with Gasteiger partial charge in [-0.1, -0.05) is 21.1 Å². The molecular formula is C19H17BrN4O3. The third kappa shape index (κ3) is 5.24. The number of benzene rings is 2. The summed E-state index contributed by atoms with van der Waals surface area (Å²) in [6.07, 6.45) is 0.182. The first-order valence-electron chi connectivity index (χ1n) is 8.25. The summed E-state index contributed by atoms with van der Waals surface area (Å²) in [6.45, 7) is 1.98. The zero-order chi connectivity index (χ0) is 19.2. The minimum Gasteiger partial charge on any atom is -0.352 e. The number of carbonyl (C=O) groups excluding carboxylic acids is 2. The van der Waals surface area contributed by atoms with E-state index in [1.807, 2.05) is 12.1 Å². The molecule has 0 unspecified atom stereocenters. The van der Waals surface area contributed by atoms with Gasteiger partial charge in [0.2, 0.25) is 5.91 Å². The van der Waals surface area contributed by atoms with E-state index in [1.165, 1.54) is 0 Å². The Kier molecular flexibility index (Phi) is 5.97. The van der Waals surface area contributed by atoms with Gasteiger partial charge in [0.25, 0.3) is 11.8 Å². The molecule has 2 amide bonds. The van der Waals surface area contributed by atoms with Crippen LogP contribution in [0.2, 0.25) is 0 Å². The number of rotatable bonds is 6. The summed E-state index contributed by atoms with van der Waals surface area (Å²) in [6, 6.07) is 14.1. The SMILES string of the molecule is Cc1noc(-c2ccc(C(=O)NCCC(=O)Nc3ccc(Br)cc3)cc2)n1. The van der Waals surface area contributed by atoms with Crippen molar-refractivity contribution in [2.24, 2.45) is 0 Å². The summed E-state index contributed by atoms with van der Waals surface area (Å²) in [5.41, 5.74) is 1.94. The zero-order valence-corrected chi connectivity index (χ0v) is 16.1. The normalized spacial score (nSPS) is 10.4. The van der Waals surface area contributed by atoms with Crippen molar-refractivity contribution in [1.82, 2.24) is 15.5 Å². The molecule has 0 radical (unpaired) electrons. The number of nitrogens with zero attached hydrogens (tertiary/aromatic N) is 2. The van der Waals surface area contributed by atoms with Crippen LogP contribution in [0.25, 0.3) is 11.5 Å². The molecule has 0 spiro atoms. The maximum absolute atomic E-state index is 12.2. The second-order valence-corrected chi connectivity index (χ2v) is 6.70. The second-order valence-electron chi connectivity index (χ2n) is 5.79. The number of hydrogen-bond acceptors (Lipinski definition) is 5. The fourth-order valence-electron chi connectivity index (χ4n) is 2.33. The number of amides is 2. The summed E-state index contributed by atoms with van der Waals surface area (Å²) in [7, 11) is 0. The van der Waals surface area contributed by atoms with Crippen LogP contribution >= 0.6 is 15.9 Å². The highest BCUT2D eigenvalue weighted by Crippen LogP contribution is 2.17. The highest BCUT2D eigenvalue weighted by Gasteiger charge is 2.10. The molecule has 0 bridgehead atoms. The number of nitrogens with one attached hydrogen (secondary N) is 2. The van der Waals surface area contributed by atoms with Gasteiger partial charge in [-0.15, -0.1) is 0 Å². The molecule has 0 atom stereocenters. The Bertz CT molecular complexity index is 936. The number of aromatic nitrogens is 2. The maximum Gasteiger partial charge on any atom is 0.257 e. The predicted molar refractivity (Wildman–Crippen MR) is 104 cm³/mol. The van der Waals surface area contributed by atoms with E-state index >= 15 is 0 Å². The molecule has 3 rings (SSSR count). The highest BCUT2D eigenvalue weighted by molar-refractivity contribution is 9.10. The van der Waals surface area contributed by atoms with E-state index in [9.17, 15) is 9.59 Å². The van der Waals surface area contributed by atoms with Gasteiger partial charge in [0.1, 0.15) is 0 Å². The van der Waals surface area contributed by atoms with Crippen LogP contribution in [-0.2, 0) is 4.79 Å². The Labute approximate surface area is 164 Å². The van der Waals surface area contributed by atoms with E-state index in [1.54, 1.807) is 43.3 Å². The summed E-state index contributed by atoms with van der Waals surface area (Å²) in [4.78, 5) is 28.2. The molecular weight excluding hydrogens is 412 g/mol. The first kappa shape index (κ1) is 18.8. The number of carbonyl (C=O) groups is 2. The Morgan fingerprint density at radius 1 is 1.07 bits per heavy atom. The van der Waals surface area contributed by atoms with Crippen molar-refractivity contribution < 1.29 is 14.1 Å². The predicted octanol–water partition coefficient (Wildman–Crippen LogP) is 3.57. The highest BCUT2D eigenvalue weighted by atomic mass is 79.9. The average Bonchev–Trinajstić information content (AvgIpc) is 3.10. The van der Waals surface area contributed by atoms with Gasteiger partial charge in [0, 0.05) is 34.3 Å². The molecule has 0 fully saturated rings. The van der Waals surface area contributed by atoms with E-state index < -0.39 is 0 Å². The third-order valence-electron chi connectivity index (χ3n) is 3.69. The van der Waals surface area contributed by atoms with Crippen LogP contribution < -0.4 is 10.6 Å². The second kappa shape index (κ2) is 8.59. The van der Waals surface area contributed by atoms with Crippen molar-refractivity contribution in [2.45, 2.75) is 13.3 Å². The summed E-state index contributed by atoms with van der Waals surface area (Å²) >= 11 is 3.34. The van der Waals surface area contributed by atoms with Crippen LogP contribution in [0.1, 0.15) is 22.6 Å². The summed E-state index contributed by atoms with van der Waals surface area (Å²) in [5.74, 6) is 0.539. The Balaban J connectivity index is 1.47. The molecule has 2 aromatic carbocycles. The molecule has 27 heavy (non-hydrogen) atoms. The molecule has 0 aliphatic rings. The number of anilines is 1. The largest absolute Gasteiger partial charge is 0.352 e. The number of hydrogen-bond donors (Lipinski definition) is 2. The topological polar surface area (TPSA) is 97.1 Å². The molecule has 0 aliphatic heterocycles. The minimum atomic E-state index is -0.250. The van der Waals surface area contributed by atoms with Gasteiger partial charge in [-0.25, -0.2) is 0 Å². The lowest BCUT2D eigenvalue weighted by Crippen LogP contribution is -2.27. The van der Waals surface area contributed by atoms with E-state index in [2.05, 4.69) is 36.7 Å². The standard InChI is InChI=1S/C19H17BrN4O3/c1-12-22-19(27-24-12)14-4-2-13(3-5-14)18(26)21-11-10-17(25)23-16-8-6-15(20)7-9-16/h2-9H,10-11H2,1H3,(H,21,26)(H,23,25). The molecule has 2 N–H and O–H groups in total.